The number of aromatic nitrogens is 7. The van der Waals surface area contributed by atoms with Crippen molar-refractivity contribution in [2.45, 2.75) is 43.8 Å². The molecule has 2 saturated heterocycles. The Labute approximate surface area is 142 Å². The molecule has 2 aliphatic rings. The van der Waals surface area contributed by atoms with Crippen LogP contribution in [-0.4, -0.2) is 52.7 Å². The van der Waals surface area contributed by atoms with Crippen molar-refractivity contribution in [2.24, 2.45) is 5.73 Å². The van der Waals surface area contributed by atoms with Crippen molar-refractivity contribution in [2.75, 3.05) is 0 Å². The highest BCUT2D eigenvalue weighted by molar-refractivity contribution is 5.75. The van der Waals surface area contributed by atoms with Gasteiger partial charge < -0.3 is 10.5 Å². The molecule has 0 radical (unpaired) electrons. The fourth-order valence-electron chi connectivity index (χ4n) is 3.75. The highest BCUT2D eigenvalue weighted by atomic mass is 16.5. The average Bonchev–Trinajstić information content (AvgIpc) is 3.36. The van der Waals surface area contributed by atoms with Gasteiger partial charge in [0.05, 0.1) is 18.6 Å². The van der Waals surface area contributed by atoms with Crippen LogP contribution in [0.25, 0.3) is 11.5 Å². The van der Waals surface area contributed by atoms with E-state index in [0.717, 1.165) is 25.1 Å². The zero-order valence-corrected chi connectivity index (χ0v) is 13.3. The summed E-state index contributed by atoms with van der Waals surface area (Å²) in [4.78, 5) is 15.9. The zero-order chi connectivity index (χ0) is 17.0. The van der Waals surface area contributed by atoms with Gasteiger partial charge in [-0.3, -0.25) is 4.79 Å². The molecule has 1 amide bonds. The number of amides is 1. The number of fused-ring (bicyclic) bond motifs is 3. The number of carbonyl (C=O) groups excluding carboxylic acids is 1. The third kappa shape index (κ3) is 2.37. The Morgan fingerprint density at radius 1 is 1.32 bits per heavy atom. The number of nitrogens with two attached hydrogens (primary N) is 1. The van der Waals surface area contributed by atoms with Crippen LogP contribution in [0.1, 0.15) is 36.8 Å². The summed E-state index contributed by atoms with van der Waals surface area (Å²) in [5.41, 5.74) is 5.95. The molecule has 2 bridgehead atoms. The maximum absolute atomic E-state index is 11.3. The number of hydrogen-bond acceptors (Lipinski definition) is 7. The monoisotopic (exact) mass is 340 g/mol. The number of ether oxygens (including phenoxy) is 1. The van der Waals surface area contributed by atoms with E-state index in [1.54, 1.807) is 9.20 Å². The lowest BCUT2D eigenvalue weighted by Gasteiger charge is -2.18. The molecule has 5 heterocycles. The minimum absolute atomic E-state index is 0.00342. The molecule has 10 heteroatoms. The van der Waals surface area contributed by atoms with Crippen molar-refractivity contribution in [3.05, 3.63) is 30.1 Å². The Kier molecular flexibility index (Phi) is 3.07. The molecule has 2 aliphatic heterocycles. The van der Waals surface area contributed by atoms with Crippen molar-refractivity contribution in [3.8, 4) is 5.82 Å². The summed E-state index contributed by atoms with van der Waals surface area (Å²) in [6, 6.07) is 3.62. The van der Waals surface area contributed by atoms with E-state index in [1.165, 1.54) is 6.33 Å². The summed E-state index contributed by atoms with van der Waals surface area (Å²) in [6.07, 6.45) is 4.98. The highest BCUT2D eigenvalue weighted by Gasteiger charge is 2.44. The van der Waals surface area contributed by atoms with E-state index in [2.05, 4.69) is 25.4 Å². The molecule has 128 valence electrons. The fraction of sp³-hybridized carbons (Fsp3) is 0.467. The molecule has 0 saturated carbocycles. The summed E-state index contributed by atoms with van der Waals surface area (Å²) in [5.74, 6) is 1.44. The van der Waals surface area contributed by atoms with Gasteiger partial charge in [-0.1, -0.05) is 0 Å². The predicted octanol–water partition coefficient (Wildman–Crippen LogP) is -0.232. The Bertz CT molecular complexity index is 964. The van der Waals surface area contributed by atoms with Crippen LogP contribution in [0.5, 0.6) is 0 Å². The standard InChI is InChI=1S/C15H16N8O2/c16-11(24)6-12-18-15(9-5-8-1-2-10(9)25-8)23(20-12)14-4-3-13-19-17-7-22(13)21-14/h3-4,7-10H,1-2,5-6H2,(H2,16,24)/t8-,9-,10+/m0/s1. The minimum Gasteiger partial charge on any atom is -0.374 e. The van der Waals surface area contributed by atoms with Crippen molar-refractivity contribution in [1.29, 1.82) is 0 Å². The lowest BCUT2D eigenvalue weighted by atomic mass is 9.88. The van der Waals surface area contributed by atoms with Gasteiger partial charge in [0, 0.05) is 5.92 Å². The van der Waals surface area contributed by atoms with Crippen LogP contribution in [0.4, 0.5) is 0 Å². The number of carbonyl (C=O) groups is 1. The molecular weight excluding hydrogens is 324 g/mol. The second-order valence-electron chi connectivity index (χ2n) is 6.48. The number of nitrogens with zero attached hydrogens (tertiary/aromatic N) is 7. The lowest BCUT2D eigenvalue weighted by molar-refractivity contribution is -0.117. The smallest absolute Gasteiger partial charge is 0.225 e. The molecule has 3 aromatic rings. The molecule has 0 aromatic carbocycles. The molecule has 0 unspecified atom stereocenters. The molecule has 3 atom stereocenters. The van der Waals surface area contributed by atoms with Gasteiger partial charge in [0.2, 0.25) is 5.91 Å². The van der Waals surface area contributed by atoms with Crippen molar-refractivity contribution >= 4 is 11.6 Å². The number of rotatable bonds is 4. The normalized spacial score (nSPS) is 25.0. The summed E-state index contributed by atoms with van der Waals surface area (Å²) < 4.78 is 9.22. The number of primary amides is 1. The highest BCUT2D eigenvalue weighted by Crippen LogP contribution is 2.44. The molecule has 25 heavy (non-hydrogen) atoms. The van der Waals surface area contributed by atoms with Crippen LogP contribution in [0.3, 0.4) is 0 Å². The van der Waals surface area contributed by atoms with Gasteiger partial charge >= 0.3 is 0 Å². The van der Waals surface area contributed by atoms with E-state index >= 15 is 0 Å². The van der Waals surface area contributed by atoms with Gasteiger partial charge in [0.25, 0.3) is 0 Å². The van der Waals surface area contributed by atoms with E-state index in [1.807, 2.05) is 12.1 Å². The van der Waals surface area contributed by atoms with E-state index in [4.69, 9.17) is 10.5 Å². The zero-order valence-electron chi connectivity index (χ0n) is 13.3. The van der Waals surface area contributed by atoms with Crippen molar-refractivity contribution in [1.82, 2.24) is 34.6 Å². The second-order valence-corrected chi connectivity index (χ2v) is 6.48. The van der Waals surface area contributed by atoms with Gasteiger partial charge in [-0.15, -0.1) is 20.4 Å². The third-order valence-corrected chi connectivity index (χ3v) is 4.81. The van der Waals surface area contributed by atoms with E-state index in [0.29, 0.717) is 17.3 Å². The Hall–Kier alpha value is -2.88. The van der Waals surface area contributed by atoms with Gasteiger partial charge in [-0.25, -0.2) is 4.98 Å². The summed E-state index contributed by atoms with van der Waals surface area (Å²) in [5, 5.41) is 16.7. The average molecular weight is 340 g/mol. The van der Waals surface area contributed by atoms with Crippen LogP contribution < -0.4 is 5.73 Å². The van der Waals surface area contributed by atoms with Crippen LogP contribution in [0.15, 0.2) is 18.5 Å². The maximum Gasteiger partial charge on any atom is 0.225 e. The van der Waals surface area contributed by atoms with Gasteiger partial charge in [-0.05, 0) is 31.4 Å². The molecule has 2 fully saturated rings. The maximum atomic E-state index is 11.3. The van der Waals surface area contributed by atoms with Crippen molar-refractivity contribution < 1.29 is 9.53 Å². The molecule has 5 rings (SSSR count). The second kappa shape index (κ2) is 5.31. The summed E-state index contributed by atoms with van der Waals surface area (Å²) in [6.45, 7) is 0. The first-order chi connectivity index (χ1) is 12.2. The minimum atomic E-state index is -0.463. The largest absolute Gasteiger partial charge is 0.374 e. The topological polar surface area (TPSA) is 126 Å². The quantitative estimate of drug-likeness (QED) is 0.695. The molecule has 0 aliphatic carbocycles. The molecular formula is C15H16N8O2. The van der Waals surface area contributed by atoms with Crippen LogP contribution in [0.2, 0.25) is 0 Å². The van der Waals surface area contributed by atoms with E-state index in [9.17, 15) is 4.79 Å². The summed E-state index contributed by atoms with van der Waals surface area (Å²) >= 11 is 0. The SMILES string of the molecule is NC(=O)Cc1nc([C@H]2C[C@@H]3CC[C@H]2O3)n(-c2ccc3nncn3n2)n1. The Balaban J connectivity index is 1.60. The van der Waals surface area contributed by atoms with Gasteiger partial charge in [0.1, 0.15) is 12.2 Å². The van der Waals surface area contributed by atoms with Gasteiger partial charge in [0.15, 0.2) is 17.3 Å². The molecule has 3 aromatic heterocycles. The van der Waals surface area contributed by atoms with E-state index in [-0.39, 0.29) is 24.5 Å². The first-order valence-electron chi connectivity index (χ1n) is 8.24. The first kappa shape index (κ1) is 14.5. The first-order valence-corrected chi connectivity index (χ1v) is 8.24. The molecule has 2 N–H and O–H groups in total. The third-order valence-electron chi connectivity index (χ3n) is 4.81. The van der Waals surface area contributed by atoms with E-state index < -0.39 is 5.91 Å². The van der Waals surface area contributed by atoms with Crippen LogP contribution in [0, 0.1) is 0 Å². The number of hydrogen-bond donors (Lipinski definition) is 1. The molecule has 0 spiro atoms. The predicted molar refractivity (Wildman–Crippen MR) is 83.9 cm³/mol. The lowest BCUT2D eigenvalue weighted by Crippen LogP contribution is -2.19. The van der Waals surface area contributed by atoms with Crippen LogP contribution in [-0.2, 0) is 16.0 Å². The Morgan fingerprint density at radius 3 is 3.00 bits per heavy atom. The van der Waals surface area contributed by atoms with Crippen LogP contribution >= 0.6 is 0 Å². The van der Waals surface area contributed by atoms with Gasteiger partial charge in [-0.2, -0.15) is 9.20 Å². The fourth-order valence-corrected chi connectivity index (χ4v) is 3.75. The Morgan fingerprint density at radius 2 is 2.24 bits per heavy atom. The van der Waals surface area contributed by atoms with Crippen molar-refractivity contribution in [3.63, 3.8) is 0 Å². The molecule has 10 nitrogen and oxygen atoms in total. The summed E-state index contributed by atoms with van der Waals surface area (Å²) in [7, 11) is 0.